The van der Waals surface area contributed by atoms with Crippen molar-refractivity contribution < 1.29 is 14.4 Å². The molecule has 3 aromatic rings. The Hall–Kier alpha value is -3.75. The molecule has 0 bridgehead atoms. The number of nitrogens with one attached hydrogen (secondary N) is 1. The lowest BCUT2D eigenvalue weighted by Crippen LogP contribution is -2.36. The first-order valence-corrected chi connectivity index (χ1v) is 9.17. The van der Waals surface area contributed by atoms with Crippen LogP contribution in [-0.2, 0) is 24.2 Å². The summed E-state index contributed by atoms with van der Waals surface area (Å²) in [5.41, 5.74) is 8.78. The quantitative estimate of drug-likeness (QED) is 0.585. The number of carbonyl (C=O) groups is 3. The number of hydrogen-bond donors (Lipinski definition) is 2. The van der Waals surface area contributed by atoms with E-state index >= 15 is 0 Å². The molecule has 0 saturated carbocycles. The zero-order valence-electron chi connectivity index (χ0n) is 15.8. The van der Waals surface area contributed by atoms with Gasteiger partial charge in [0.1, 0.15) is 11.3 Å². The SMILES string of the molecule is CN(C=O)Cc1nn2c(C(=O)NC3Cc4ccccc4C3)ccnc2c1C(N)=O. The molecule has 2 aromatic heterocycles. The number of hydrogen-bond acceptors (Lipinski definition) is 5. The Balaban J connectivity index is 1.65. The van der Waals surface area contributed by atoms with E-state index in [1.807, 2.05) is 12.1 Å². The van der Waals surface area contributed by atoms with Gasteiger partial charge in [-0.25, -0.2) is 9.50 Å². The normalized spacial score (nSPS) is 13.3. The molecule has 9 heteroatoms. The average Bonchev–Trinajstić information content (AvgIpc) is 3.27. The molecular formula is C20H20N6O3. The predicted molar refractivity (Wildman–Crippen MR) is 104 cm³/mol. The maximum Gasteiger partial charge on any atom is 0.270 e. The van der Waals surface area contributed by atoms with E-state index < -0.39 is 5.91 Å². The molecule has 0 fully saturated rings. The van der Waals surface area contributed by atoms with Crippen LogP contribution in [0.3, 0.4) is 0 Å². The van der Waals surface area contributed by atoms with Crippen LogP contribution in [0.25, 0.3) is 5.65 Å². The smallest absolute Gasteiger partial charge is 0.270 e. The molecule has 29 heavy (non-hydrogen) atoms. The van der Waals surface area contributed by atoms with Gasteiger partial charge in [0.15, 0.2) is 5.65 Å². The third-order valence-electron chi connectivity index (χ3n) is 5.04. The highest BCUT2D eigenvalue weighted by Gasteiger charge is 2.26. The lowest BCUT2D eigenvalue weighted by Gasteiger charge is -2.12. The molecular weight excluding hydrogens is 372 g/mol. The molecule has 1 aliphatic rings. The Morgan fingerprint density at radius 3 is 2.59 bits per heavy atom. The van der Waals surface area contributed by atoms with Gasteiger partial charge in [-0.2, -0.15) is 5.10 Å². The highest BCUT2D eigenvalue weighted by atomic mass is 16.2. The van der Waals surface area contributed by atoms with Gasteiger partial charge < -0.3 is 16.0 Å². The second-order valence-corrected chi connectivity index (χ2v) is 7.12. The van der Waals surface area contributed by atoms with E-state index in [4.69, 9.17) is 5.73 Å². The Morgan fingerprint density at radius 1 is 1.28 bits per heavy atom. The van der Waals surface area contributed by atoms with E-state index in [9.17, 15) is 14.4 Å². The van der Waals surface area contributed by atoms with E-state index in [0.717, 1.165) is 12.8 Å². The van der Waals surface area contributed by atoms with Crippen LogP contribution in [0.2, 0.25) is 0 Å². The lowest BCUT2D eigenvalue weighted by atomic mass is 10.1. The lowest BCUT2D eigenvalue weighted by molar-refractivity contribution is -0.117. The van der Waals surface area contributed by atoms with Gasteiger partial charge in [0.2, 0.25) is 6.41 Å². The maximum atomic E-state index is 13.0. The van der Waals surface area contributed by atoms with Crippen LogP contribution >= 0.6 is 0 Å². The molecule has 1 aliphatic carbocycles. The summed E-state index contributed by atoms with van der Waals surface area (Å²) in [6.07, 6.45) is 3.58. The van der Waals surface area contributed by atoms with Crippen LogP contribution in [0.5, 0.6) is 0 Å². The van der Waals surface area contributed by atoms with Crippen molar-refractivity contribution in [3.8, 4) is 0 Å². The number of nitrogens with zero attached hydrogens (tertiary/aromatic N) is 4. The van der Waals surface area contributed by atoms with Crippen molar-refractivity contribution in [1.82, 2.24) is 24.8 Å². The van der Waals surface area contributed by atoms with Crippen molar-refractivity contribution in [2.45, 2.75) is 25.4 Å². The van der Waals surface area contributed by atoms with Crippen molar-refractivity contribution in [3.05, 3.63) is 64.6 Å². The molecule has 2 heterocycles. The summed E-state index contributed by atoms with van der Waals surface area (Å²) >= 11 is 0. The molecule has 9 nitrogen and oxygen atoms in total. The van der Waals surface area contributed by atoms with Gasteiger partial charge in [-0.05, 0) is 30.0 Å². The van der Waals surface area contributed by atoms with Crippen molar-refractivity contribution in [2.75, 3.05) is 7.05 Å². The minimum atomic E-state index is -0.717. The molecule has 0 atom stereocenters. The van der Waals surface area contributed by atoms with Gasteiger partial charge in [-0.15, -0.1) is 0 Å². The van der Waals surface area contributed by atoms with E-state index in [1.54, 1.807) is 7.05 Å². The van der Waals surface area contributed by atoms with Crippen LogP contribution < -0.4 is 11.1 Å². The molecule has 4 rings (SSSR count). The zero-order chi connectivity index (χ0) is 20.5. The standard InChI is InChI=1S/C20H20N6O3/c1-25(11-27)10-15-17(18(21)28)19-22-7-6-16(26(19)24-15)20(29)23-14-8-12-4-2-3-5-13(12)9-14/h2-7,11,14H,8-10H2,1H3,(H2,21,28)(H,23,29). The molecule has 0 saturated heterocycles. The van der Waals surface area contributed by atoms with Crippen LogP contribution in [0, 0.1) is 0 Å². The second kappa shape index (κ2) is 7.34. The summed E-state index contributed by atoms with van der Waals surface area (Å²) in [4.78, 5) is 41.4. The van der Waals surface area contributed by atoms with Crippen molar-refractivity contribution >= 4 is 23.9 Å². The molecule has 148 valence electrons. The predicted octanol–water partition coefficient (Wildman–Crippen LogP) is 0.314. The number of amides is 3. The summed E-state index contributed by atoms with van der Waals surface area (Å²) < 4.78 is 1.31. The Kier molecular flexibility index (Phi) is 4.71. The van der Waals surface area contributed by atoms with Gasteiger partial charge in [-0.3, -0.25) is 14.4 Å². The van der Waals surface area contributed by atoms with Crippen molar-refractivity contribution in [3.63, 3.8) is 0 Å². The average molecular weight is 392 g/mol. The number of carbonyl (C=O) groups excluding carboxylic acids is 3. The number of primary amides is 1. The van der Waals surface area contributed by atoms with Crippen LogP contribution in [0.4, 0.5) is 0 Å². The topological polar surface area (TPSA) is 123 Å². The molecule has 1 aromatic carbocycles. The summed E-state index contributed by atoms with van der Waals surface area (Å²) in [5.74, 6) is -1.03. The number of aromatic nitrogens is 3. The monoisotopic (exact) mass is 392 g/mol. The van der Waals surface area contributed by atoms with Crippen LogP contribution in [-0.4, -0.2) is 50.8 Å². The largest absolute Gasteiger partial charge is 0.365 e. The van der Waals surface area contributed by atoms with Gasteiger partial charge in [0.05, 0.1) is 12.2 Å². The van der Waals surface area contributed by atoms with Gasteiger partial charge in [0.25, 0.3) is 11.8 Å². The first kappa shape index (κ1) is 18.6. The highest BCUT2D eigenvalue weighted by molar-refractivity contribution is 6.01. The van der Waals surface area contributed by atoms with E-state index in [0.29, 0.717) is 6.41 Å². The van der Waals surface area contributed by atoms with E-state index in [2.05, 4.69) is 27.5 Å². The fourth-order valence-corrected chi connectivity index (χ4v) is 3.72. The van der Waals surface area contributed by atoms with Crippen LogP contribution in [0.15, 0.2) is 36.5 Å². The third kappa shape index (κ3) is 3.42. The molecule has 0 spiro atoms. The van der Waals surface area contributed by atoms with Gasteiger partial charge in [-0.1, -0.05) is 24.3 Å². The van der Waals surface area contributed by atoms with Gasteiger partial charge >= 0.3 is 0 Å². The van der Waals surface area contributed by atoms with E-state index in [-0.39, 0.29) is 41.1 Å². The Bertz CT molecular complexity index is 1100. The number of rotatable bonds is 6. The Labute approximate surface area is 166 Å². The molecule has 0 aliphatic heterocycles. The second-order valence-electron chi connectivity index (χ2n) is 7.12. The number of benzene rings is 1. The molecule has 0 unspecified atom stereocenters. The maximum absolute atomic E-state index is 13.0. The molecule has 3 N–H and O–H groups in total. The summed E-state index contributed by atoms with van der Waals surface area (Å²) in [6.45, 7) is 0.0735. The minimum absolute atomic E-state index is 0.0186. The van der Waals surface area contributed by atoms with E-state index in [1.165, 1.54) is 32.8 Å². The number of fused-ring (bicyclic) bond motifs is 2. The summed E-state index contributed by atoms with van der Waals surface area (Å²) in [5, 5.41) is 7.38. The summed E-state index contributed by atoms with van der Waals surface area (Å²) in [7, 11) is 1.56. The van der Waals surface area contributed by atoms with Crippen LogP contribution in [0.1, 0.15) is 37.7 Å². The zero-order valence-corrected chi connectivity index (χ0v) is 15.8. The fraction of sp³-hybridized carbons (Fsp3) is 0.250. The summed E-state index contributed by atoms with van der Waals surface area (Å²) in [6, 6.07) is 9.62. The number of nitrogens with two attached hydrogens (primary N) is 1. The van der Waals surface area contributed by atoms with Crippen molar-refractivity contribution in [1.29, 1.82) is 0 Å². The molecule has 0 radical (unpaired) electrons. The first-order chi connectivity index (χ1) is 14.0. The highest BCUT2D eigenvalue weighted by Crippen LogP contribution is 2.22. The minimum Gasteiger partial charge on any atom is -0.365 e. The third-order valence-corrected chi connectivity index (χ3v) is 5.04. The first-order valence-electron chi connectivity index (χ1n) is 9.17. The van der Waals surface area contributed by atoms with Crippen molar-refractivity contribution in [2.24, 2.45) is 5.73 Å². The molecule has 3 amide bonds. The van der Waals surface area contributed by atoms with Gasteiger partial charge in [0, 0.05) is 19.3 Å². The fourth-order valence-electron chi connectivity index (χ4n) is 3.72. The Morgan fingerprint density at radius 2 is 1.97 bits per heavy atom.